The molecule has 0 aliphatic rings. The van der Waals surface area contributed by atoms with E-state index >= 15 is 0 Å². The number of H-pyrrole nitrogens is 1. The summed E-state index contributed by atoms with van der Waals surface area (Å²) in [7, 11) is 0. The van der Waals surface area contributed by atoms with Gasteiger partial charge in [0.15, 0.2) is 0 Å². The predicted molar refractivity (Wildman–Crippen MR) is 65.4 cm³/mol. The molecule has 98 valence electrons. The molecule has 6 nitrogen and oxygen atoms in total. The van der Waals surface area contributed by atoms with Crippen molar-refractivity contribution in [3.63, 3.8) is 0 Å². The van der Waals surface area contributed by atoms with Gasteiger partial charge in [-0.05, 0) is 12.0 Å². The van der Waals surface area contributed by atoms with Crippen LogP contribution >= 0.6 is 0 Å². The van der Waals surface area contributed by atoms with Crippen LogP contribution in [0.15, 0.2) is 23.0 Å². The highest BCUT2D eigenvalue weighted by atomic mass is 16.4. The Hall–Kier alpha value is -2.11. The van der Waals surface area contributed by atoms with Gasteiger partial charge in [-0.25, -0.2) is 0 Å². The number of hydrogen-bond donors (Lipinski definition) is 3. The largest absolute Gasteiger partial charge is 0.481 e. The van der Waals surface area contributed by atoms with Crippen molar-refractivity contribution >= 4 is 11.9 Å². The topological polar surface area (TPSA) is 99.3 Å². The molecule has 1 rings (SSSR count). The SMILES string of the molecule is CCC(CNC(=O)c1cccc(=O)[nH]1)CC(=O)O. The normalized spacial score (nSPS) is 11.8. The quantitative estimate of drug-likeness (QED) is 0.690. The van der Waals surface area contributed by atoms with E-state index in [1.165, 1.54) is 18.2 Å². The van der Waals surface area contributed by atoms with Crippen LogP contribution in [-0.2, 0) is 4.79 Å². The molecule has 0 fully saturated rings. The van der Waals surface area contributed by atoms with Crippen LogP contribution in [0, 0.1) is 5.92 Å². The molecular weight excluding hydrogens is 236 g/mol. The standard InChI is InChI=1S/C12H16N2O4/c1-2-8(6-11(16)17)7-13-12(18)9-4-3-5-10(15)14-9/h3-5,8H,2,6-7H2,1H3,(H,13,18)(H,14,15)(H,16,17). The van der Waals surface area contributed by atoms with E-state index in [2.05, 4.69) is 10.3 Å². The minimum atomic E-state index is -0.885. The van der Waals surface area contributed by atoms with Crippen LogP contribution in [-0.4, -0.2) is 28.5 Å². The lowest BCUT2D eigenvalue weighted by Gasteiger charge is -2.13. The highest BCUT2D eigenvalue weighted by molar-refractivity contribution is 5.92. The number of carbonyl (C=O) groups is 2. The Balaban J connectivity index is 2.55. The minimum absolute atomic E-state index is 0.0160. The number of hydrogen-bond acceptors (Lipinski definition) is 3. The second kappa shape index (κ2) is 6.58. The molecule has 3 N–H and O–H groups in total. The number of nitrogens with one attached hydrogen (secondary N) is 2. The summed E-state index contributed by atoms with van der Waals surface area (Å²) in [6.45, 7) is 2.14. The number of pyridine rings is 1. The molecule has 1 aromatic rings. The lowest BCUT2D eigenvalue weighted by atomic mass is 10.0. The van der Waals surface area contributed by atoms with Gasteiger partial charge in [-0.1, -0.05) is 19.4 Å². The van der Waals surface area contributed by atoms with Crippen LogP contribution in [0.25, 0.3) is 0 Å². The first kappa shape index (κ1) is 14.0. The van der Waals surface area contributed by atoms with Gasteiger partial charge in [-0.15, -0.1) is 0 Å². The molecule has 0 saturated carbocycles. The maximum atomic E-state index is 11.7. The van der Waals surface area contributed by atoms with E-state index in [4.69, 9.17) is 5.11 Å². The third-order valence-corrected chi connectivity index (χ3v) is 2.60. The molecule has 1 amide bonds. The van der Waals surface area contributed by atoms with Gasteiger partial charge in [0.25, 0.3) is 5.91 Å². The lowest BCUT2D eigenvalue weighted by Crippen LogP contribution is -2.31. The van der Waals surface area contributed by atoms with Crippen molar-refractivity contribution in [2.24, 2.45) is 5.92 Å². The molecule has 1 unspecified atom stereocenters. The molecule has 0 aliphatic heterocycles. The van der Waals surface area contributed by atoms with Crippen molar-refractivity contribution in [2.75, 3.05) is 6.54 Å². The zero-order valence-corrected chi connectivity index (χ0v) is 10.1. The average molecular weight is 252 g/mol. The van der Waals surface area contributed by atoms with Gasteiger partial charge >= 0.3 is 5.97 Å². The summed E-state index contributed by atoms with van der Waals surface area (Å²) in [5.74, 6) is -1.40. The van der Waals surface area contributed by atoms with Gasteiger partial charge < -0.3 is 15.4 Å². The van der Waals surface area contributed by atoms with Gasteiger partial charge in [0.1, 0.15) is 5.69 Å². The van der Waals surface area contributed by atoms with Gasteiger partial charge in [0.05, 0.1) is 0 Å². The molecule has 0 bridgehead atoms. The van der Waals surface area contributed by atoms with E-state index in [0.29, 0.717) is 6.42 Å². The molecule has 0 aromatic carbocycles. The molecule has 6 heteroatoms. The first-order chi connectivity index (χ1) is 8.52. The van der Waals surface area contributed by atoms with Crippen molar-refractivity contribution in [1.29, 1.82) is 0 Å². The highest BCUT2D eigenvalue weighted by Crippen LogP contribution is 2.06. The summed E-state index contributed by atoms with van der Waals surface area (Å²) in [4.78, 5) is 35.7. The summed E-state index contributed by atoms with van der Waals surface area (Å²) >= 11 is 0. The number of carboxylic acids is 1. The average Bonchev–Trinajstić information content (AvgIpc) is 2.33. The van der Waals surface area contributed by atoms with E-state index in [9.17, 15) is 14.4 Å². The van der Waals surface area contributed by atoms with Gasteiger partial charge in [-0.2, -0.15) is 0 Å². The Bertz CT molecular complexity index is 481. The summed E-state index contributed by atoms with van der Waals surface area (Å²) in [5.41, 5.74) is -0.173. The monoisotopic (exact) mass is 252 g/mol. The Labute approximate surface area is 104 Å². The van der Waals surface area contributed by atoms with Crippen molar-refractivity contribution in [2.45, 2.75) is 19.8 Å². The van der Waals surface area contributed by atoms with Crippen molar-refractivity contribution in [3.8, 4) is 0 Å². The number of amides is 1. The zero-order chi connectivity index (χ0) is 13.5. The Morgan fingerprint density at radius 1 is 1.44 bits per heavy atom. The first-order valence-electron chi connectivity index (χ1n) is 5.72. The molecule has 1 aromatic heterocycles. The lowest BCUT2D eigenvalue weighted by molar-refractivity contribution is -0.138. The molecular formula is C12H16N2O4. The predicted octanol–water partition coefficient (Wildman–Crippen LogP) is 0.606. The van der Waals surface area contributed by atoms with Crippen LogP contribution in [0.1, 0.15) is 30.3 Å². The van der Waals surface area contributed by atoms with E-state index in [1.807, 2.05) is 6.92 Å². The number of aromatic nitrogens is 1. The molecule has 0 saturated heterocycles. The molecule has 18 heavy (non-hydrogen) atoms. The Morgan fingerprint density at radius 2 is 2.17 bits per heavy atom. The fourth-order valence-electron chi connectivity index (χ4n) is 1.52. The molecule has 1 heterocycles. The third-order valence-electron chi connectivity index (χ3n) is 2.60. The van der Waals surface area contributed by atoms with Gasteiger partial charge in [0.2, 0.25) is 5.56 Å². The van der Waals surface area contributed by atoms with E-state index in [-0.39, 0.29) is 30.1 Å². The summed E-state index contributed by atoms with van der Waals surface area (Å²) < 4.78 is 0. The Morgan fingerprint density at radius 3 is 2.72 bits per heavy atom. The fourth-order valence-corrected chi connectivity index (χ4v) is 1.52. The minimum Gasteiger partial charge on any atom is -0.481 e. The van der Waals surface area contributed by atoms with E-state index < -0.39 is 11.9 Å². The maximum Gasteiger partial charge on any atom is 0.303 e. The number of carbonyl (C=O) groups excluding carboxylic acids is 1. The molecule has 0 radical (unpaired) electrons. The van der Waals surface area contributed by atoms with Gasteiger partial charge in [0, 0.05) is 19.0 Å². The molecule has 0 aliphatic carbocycles. The van der Waals surface area contributed by atoms with Crippen LogP contribution in [0.5, 0.6) is 0 Å². The van der Waals surface area contributed by atoms with Crippen molar-refractivity contribution < 1.29 is 14.7 Å². The number of aromatic amines is 1. The van der Waals surface area contributed by atoms with Crippen molar-refractivity contribution in [1.82, 2.24) is 10.3 Å². The highest BCUT2D eigenvalue weighted by Gasteiger charge is 2.13. The Kier molecular flexibility index (Phi) is 5.10. The number of carboxylic acid groups (broad SMARTS) is 1. The molecule has 0 spiro atoms. The number of aliphatic carboxylic acids is 1. The number of rotatable bonds is 6. The van der Waals surface area contributed by atoms with Gasteiger partial charge in [-0.3, -0.25) is 14.4 Å². The second-order valence-electron chi connectivity index (χ2n) is 4.01. The summed E-state index contributed by atoms with van der Waals surface area (Å²) in [6.07, 6.45) is 0.681. The van der Waals surface area contributed by atoms with Crippen LogP contribution in [0.2, 0.25) is 0 Å². The second-order valence-corrected chi connectivity index (χ2v) is 4.01. The first-order valence-corrected chi connectivity index (χ1v) is 5.72. The van der Waals surface area contributed by atoms with Crippen LogP contribution in [0.3, 0.4) is 0 Å². The van der Waals surface area contributed by atoms with Crippen LogP contribution < -0.4 is 10.9 Å². The fraction of sp³-hybridized carbons (Fsp3) is 0.417. The van der Waals surface area contributed by atoms with Crippen molar-refractivity contribution in [3.05, 3.63) is 34.2 Å². The maximum absolute atomic E-state index is 11.7. The molecule has 1 atom stereocenters. The van der Waals surface area contributed by atoms with E-state index in [0.717, 1.165) is 0 Å². The smallest absolute Gasteiger partial charge is 0.303 e. The summed E-state index contributed by atoms with van der Waals surface area (Å²) in [6, 6.07) is 4.30. The third kappa shape index (κ3) is 4.40. The summed E-state index contributed by atoms with van der Waals surface area (Å²) in [5, 5.41) is 11.3. The van der Waals surface area contributed by atoms with E-state index in [1.54, 1.807) is 0 Å². The zero-order valence-electron chi connectivity index (χ0n) is 10.1. The van der Waals surface area contributed by atoms with Crippen LogP contribution in [0.4, 0.5) is 0 Å².